The van der Waals surface area contributed by atoms with Gasteiger partial charge in [-0.15, -0.1) is 0 Å². The van der Waals surface area contributed by atoms with Gasteiger partial charge in [0.25, 0.3) is 0 Å². The van der Waals surface area contributed by atoms with Gasteiger partial charge in [-0.3, -0.25) is 0 Å². The summed E-state index contributed by atoms with van der Waals surface area (Å²) in [6, 6.07) is 12.5. The maximum Gasteiger partial charge on any atom is 0.416 e. The molecule has 0 amide bonds. The van der Waals surface area contributed by atoms with Crippen molar-refractivity contribution < 1.29 is 13.2 Å². The molecule has 3 rings (SSSR count). The predicted molar refractivity (Wildman–Crippen MR) is 129 cm³/mol. The van der Waals surface area contributed by atoms with Crippen molar-refractivity contribution in [2.75, 3.05) is 16.8 Å². The zero-order valence-corrected chi connectivity index (χ0v) is 19.8. The SMILES string of the molecule is CCC(C)c1ccc(N(CC(C)C)C2CCCCC2)c(Nc2ccc(C(F)(F)F)cc2)c1. The molecule has 2 nitrogen and oxygen atoms in total. The topological polar surface area (TPSA) is 15.3 Å². The quantitative estimate of drug-likeness (QED) is 0.436. The first-order valence-electron chi connectivity index (χ1n) is 12.0. The fourth-order valence-corrected chi connectivity index (χ4v) is 4.57. The molecular weight excluding hydrogens is 409 g/mol. The first kappa shape index (κ1) is 24.5. The smallest absolute Gasteiger partial charge is 0.367 e. The molecule has 1 unspecified atom stereocenters. The minimum Gasteiger partial charge on any atom is -0.367 e. The van der Waals surface area contributed by atoms with Gasteiger partial charge in [0.15, 0.2) is 0 Å². The highest BCUT2D eigenvalue weighted by molar-refractivity contribution is 5.76. The second kappa shape index (κ2) is 10.6. The molecule has 1 aliphatic rings. The maximum atomic E-state index is 13.0. The highest BCUT2D eigenvalue weighted by Crippen LogP contribution is 2.38. The van der Waals surface area contributed by atoms with Gasteiger partial charge in [0.05, 0.1) is 16.9 Å². The average Bonchev–Trinajstić information content (AvgIpc) is 2.77. The van der Waals surface area contributed by atoms with Gasteiger partial charge in [0.2, 0.25) is 0 Å². The van der Waals surface area contributed by atoms with Crippen LogP contribution >= 0.6 is 0 Å². The number of hydrogen-bond acceptors (Lipinski definition) is 2. The van der Waals surface area contributed by atoms with Gasteiger partial charge in [-0.1, -0.05) is 53.0 Å². The van der Waals surface area contributed by atoms with Crippen molar-refractivity contribution in [2.24, 2.45) is 5.92 Å². The Kier molecular flexibility index (Phi) is 8.13. The van der Waals surface area contributed by atoms with Gasteiger partial charge >= 0.3 is 6.18 Å². The van der Waals surface area contributed by atoms with Crippen LogP contribution in [0.15, 0.2) is 42.5 Å². The number of rotatable bonds is 8. The molecule has 0 spiro atoms. The third-order valence-corrected chi connectivity index (χ3v) is 6.58. The van der Waals surface area contributed by atoms with Crippen LogP contribution in [-0.4, -0.2) is 12.6 Å². The molecule has 32 heavy (non-hydrogen) atoms. The van der Waals surface area contributed by atoms with Crippen molar-refractivity contribution in [3.8, 4) is 0 Å². The second-order valence-corrected chi connectivity index (χ2v) is 9.62. The molecule has 5 heteroatoms. The number of alkyl halides is 3. The van der Waals surface area contributed by atoms with E-state index in [9.17, 15) is 13.2 Å². The minimum absolute atomic E-state index is 0.422. The summed E-state index contributed by atoms with van der Waals surface area (Å²) < 4.78 is 39.0. The largest absolute Gasteiger partial charge is 0.416 e. The van der Waals surface area contributed by atoms with Crippen LogP contribution in [0.25, 0.3) is 0 Å². The standard InChI is InChI=1S/C27H37F3N2/c1-5-20(4)21-11-16-26(32(18-19(2)3)24-9-7-6-8-10-24)25(17-21)31-23-14-12-22(13-15-23)27(28,29)30/h11-17,19-20,24,31H,5-10,18H2,1-4H3. The van der Waals surface area contributed by atoms with E-state index in [0.29, 0.717) is 23.6 Å². The maximum absolute atomic E-state index is 13.0. The van der Waals surface area contributed by atoms with E-state index in [2.05, 4.69) is 56.1 Å². The molecule has 2 aromatic carbocycles. The molecule has 1 atom stereocenters. The normalized spacial score (nSPS) is 16.2. The summed E-state index contributed by atoms with van der Waals surface area (Å²) in [6.07, 6.45) is 2.92. The summed E-state index contributed by atoms with van der Waals surface area (Å²) in [5, 5.41) is 3.45. The lowest BCUT2D eigenvalue weighted by atomic mass is 9.92. The number of anilines is 3. The molecule has 0 bridgehead atoms. The van der Waals surface area contributed by atoms with Crippen molar-refractivity contribution >= 4 is 17.1 Å². The van der Waals surface area contributed by atoms with E-state index in [0.717, 1.165) is 36.5 Å². The first-order chi connectivity index (χ1) is 15.2. The van der Waals surface area contributed by atoms with Gasteiger partial charge in [0, 0.05) is 18.3 Å². The van der Waals surface area contributed by atoms with Crippen LogP contribution in [0.5, 0.6) is 0 Å². The predicted octanol–water partition coefficient (Wildman–Crippen LogP) is 8.76. The molecule has 2 aromatic rings. The van der Waals surface area contributed by atoms with Crippen LogP contribution in [0.3, 0.4) is 0 Å². The van der Waals surface area contributed by atoms with Crippen molar-refractivity contribution in [1.82, 2.24) is 0 Å². The number of halogens is 3. The lowest BCUT2D eigenvalue weighted by molar-refractivity contribution is -0.137. The van der Waals surface area contributed by atoms with Crippen molar-refractivity contribution in [1.29, 1.82) is 0 Å². The Morgan fingerprint density at radius 3 is 2.19 bits per heavy atom. The Morgan fingerprint density at radius 1 is 0.969 bits per heavy atom. The molecule has 1 saturated carbocycles. The first-order valence-corrected chi connectivity index (χ1v) is 12.0. The van der Waals surface area contributed by atoms with Crippen molar-refractivity contribution in [2.45, 2.75) is 84.4 Å². The van der Waals surface area contributed by atoms with E-state index in [-0.39, 0.29) is 0 Å². The summed E-state index contributed by atoms with van der Waals surface area (Å²) in [6.45, 7) is 9.84. The van der Waals surface area contributed by atoms with E-state index in [4.69, 9.17) is 0 Å². The number of nitrogens with one attached hydrogen (secondary N) is 1. The lowest BCUT2D eigenvalue weighted by Gasteiger charge is -2.38. The van der Waals surface area contributed by atoms with Crippen LogP contribution in [-0.2, 0) is 6.18 Å². The van der Waals surface area contributed by atoms with Crippen LogP contribution in [0.1, 0.15) is 83.3 Å². The molecule has 176 valence electrons. The molecule has 1 aliphatic carbocycles. The Hall–Kier alpha value is -2.17. The highest BCUT2D eigenvalue weighted by Gasteiger charge is 2.30. The van der Waals surface area contributed by atoms with Gasteiger partial charge in [-0.25, -0.2) is 0 Å². The number of nitrogens with zero attached hydrogens (tertiary/aromatic N) is 1. The van der Waals surface area contributed by atoms with E-state index in [1.54, 1.807) is 0 Å². The van der Waals surface area contributed by atoms with Crippen LogP contribution < -0.4 is 10.2 Å². The van der Waals surface area contributed by atoms with Gasteiger partial charge < -0.3 is 10.2 Å². The molecular formula is C27H37F3N2. The van der Waals surface area contributed by atoms with Gasteiger partial charge in [0.1, 0.15) is 0 Å². The van der Waals surface area contributed by atoms with Gasteiger partial charge in [-0.2, -0.15) is 13.2 Å². The Labute approximate surface area is 191 Å². The summed E-state index contributed by atoms with van der Waals surface area (Å²) in [5.41, 5.74) is 3.43. The molecule has 0 aromatic heterocycles. The fraction of sp³-hybridized carbons (Fsp3) is 0.556. The Balaban J connectivity index is 1.99. The Morgan fingerprint density at radius 2 is 1.62 bits per heavy atom. The molecule has 1 fully saturated rings. The molecule has 0 saturated heterocycles. The average molecular weight is 447 g/mol. The third-order valence-electron chi connectivity index (χ3n) is 6.58. The van der Waals surface area contributed by atoms with E-state index in [1.807, 2.05) is 0 Å². The lowest BCUT2D eigenvalue weighted by Crippen LogP contribution is -2.39. The minimum atomic E-state index is -4.32. The molecule has 0 radical (unpaired) electrons. The van der Waals surface area contributed by atoms with Gasteiger partial charge in [-0.05, 0) is 73.1 Å². The fourth-order valence-electron chi connectivity index (χ4n) is 4.57. The summed E-state index contributed by atoms with van der Waals surface area (Å²) >= 11 is 0. The zero-order chi connectivity index (χ0) is 23.3. The van der Waals surface area contributed by atoms with Crippen LogP contribution in [0.2, 0.25) is 0 Å². The number of benzene rings is 2. The summed E-state index contributed by atoms with van der Waals surface area (Å²) in [5.74, 6) is 0.940. The van der Waals surface area contributed by atoms with Crippen LogP contribution in [0, 0.1) is 5.92 Å². The van der Waals surface area contributed by atoms with E-state index >= 15 is 0 Å². The number of hydrogen-bond donors (Lipinski definition) is 1. The van der Waals surface area contributed by atoms with E-state index < -0.39 is 11.7 Å². The molecule has 1 N–H and O–H groups in total. The highest BCUT2D eigenvalue weighted by atomic mass is 19.4. The molecule has 0 aliphatic heterocycles. The van der Waals surface area contributed by atoms with E-state index in [1.165, 1.54) is 49.8 Å². The molecule has 0 heterocycles. The van der Waals surface area contributed by atoms with Crippen molar-refractivity contribution in [3.05, 3.63) is 53.6 Å². The Bertz CT molecular complexity index is 852. The summed E-state index contributed by atoms with van der Waals surface area (Å²) in [4.78, 5) is 2.54. The van der Waals surface area contributed by atoms with Crippen molar-refractivity contribution in [3.63, 3.8) is 0 Å². The summed E-state index contributed by atoms with van der Waals surface area (Å²) in [7, 11) is 0. The monoisotopic (exact) mass is 446 g/mol. The zero-order valence-electron chi connectivity index (χ0n) is 19.8. The second-order valence-electron chi connectivity index (χ2n) is 9.62. The third kappa shape index (κ3) is 6.20. The van der Waals surface area contributed by atoms with Crippen LogP contribution in [0.4, 0.5) is 30.2 Å².